The molecule has 0 radical (unpaired) electrons. The number of hydrogen-bond donors (Lipinski definition) is 2. The molecule has 1 atom stereocenters. The van der Waals surface area contributed by atoms with E-state index in [0.29, 0.717) is 6.04 Å². The van der Waals surface area contributed by atoms with E-state index in [1.54, 1.807) is 6.20 Å². The lowest BCUT2D eigenvalue weighted by Gasteiger charge is -2.16. The summed E-state index contributed by atoms with van der Waals surface area (Å²) in [6.07, 6.45) is 6.97. The molecular formula is C12H21N3. The van der Waals surface area contributed by atoms with Gasteiger partial charge in [-0.3, -0.25) is 16.3 Å². The summed E-state index contributed by atoms with van der Waals surface area (Å²) in [5, 5.41) is 0. The Balaban J connectivity index is 2.40. The van der Waals surface area contributed by atoms with Crippen molar-refractivity contribution in [3.63, 3.8) is 0 Å². The van der Waals surface area contributed by atoms with Gasteiger partial charge in [-0.25, -0.2) is 0 Å². The molecule has 0 amide bonds. The highest BCUT2D eigenvalue weighted by atomic mass is 15.2. The molecule has 0 spiro atoms. The Bertz CT molecular complexity index is 259. The number of rotatable bonds is 6. The van der Waals surface area contributed by atoms with E-state index in [1.807, 2.05) is 12.3 Å². The summed E-state index contributed by atoms with van der Waals surface area (Å²) < 4.78 is 0. The third-order valence-electron chi connectivity index (χ3n) is 2.53. The van der Waals surface area contributed by atoms with Crippen LogP contribution in [0.5, 0.6) is 0 Å². The van der Waals surface area contributed by atoms with E-state index in [4.69, 9.17) is 5.84 Å². The maximum absolute atomic E-state index is 5.54. The summed E-state index contributed by atoms with van der Waals surface area (Å²) in [6.45, 7) is 4.47. The lowest BCUT2D eigenvalue weighted by atomic mass is 9.99. The van der Waals surface area contributed by atoms with Crippen molar-refractivity contribution in [2.24, 2.45) is 11.8 Å². The minimum Gasteiger partial charge on any atom is -0.271 e. The predicted molar refractivity (Wildman–Crippen MR) is 63.1 cm³/mol. The van der Waals surface area contributed by atoms with Gasteiger partial charge in [0, 0.05) is 18.4 Å². The Morgan fingerprint density at radius 2 is 2.20 bits per heavy atom. The van der Waals surface area contributed by atoms with Crippen LogP contribution >= 0.6 is 0 Å². The molecule has 0 aliphatic heterocycles. The van der Waals surface area contributed by atoms with E-state index in [-0.39, 0.29) is 0 Å². The molecule has 1 unspecified atom stereocenters. The molecule has 1 heterocycles. The first-order valence-electron chi connectivity index (χ1n) is 5.57. The van der Waals surface area contributed by atoms with E-state index in [9.17, 15) is 0 Å². The number of nitrogens with one attached hydrogen (secondary N) is 1. The monoisotopic (exact) mass is 207 g/mol. The maximum atomic E-state index is 5.54. The predicted octanol–water partition coefficient (Wildman–Crippen LogP) is 1.89. The third kappa shape index (κ3) is 4.91. The zero-order valence-electron chi connectivity index (χ0n) is 9.61. The molecule has 0 saturated heterocycles. The molecule has 3 N–H and O–H groups in total. The molecular weight excluding hydrogens is 186 g/mol. The second-order valence-electron chi connectivity index (χ2n) is 4.40. The maximum Gasteiger partial charge on any atom is 0.0300 e. The van der Waals surface area contributed by atoms with Crippen LogP contribution in [0, 0.1) is 5.92 Å². The molecule has 3 nitrogen and oxygen atoms in total. The molecule has 1 rings (SSSR count). The van der Waals surface area contributed by atoms with Gasteiger partial charge in [0.15, 0.2) is 0 Å². The second kappa shape index (κ2) is 6.53. The van der Waals surface area contributed by atoms with Gasteiger partial charge in [-0.05, 0) is 36.8 Å². The van der Waals surface area contributed by atoms with E-state index < -0.39 is 0 Å². The van der Waals surface area contributed by atoms with E-state index >= 15 is 0 Å². The minimum atomic E-state index is 0.358. The highest BCUT2D eigenvalue weighted by molar-refractivity contribution is 5.09. The van der Waals surface area contributed by atoms with Crippen molar-refractivity contribution in [2.45, 2.75) is 39.2 Å². The number of hydrogen-bond acceptors (Lipinski definition) is 3. The fourth-order valence-electron chi connectivity index (χ4n) is 1.58. The first-order chi connectivity index (χ1) is 7.22. The van der Waals surface area contributed by atoms with Gasteiger partial charge in [0.25, 0.3) is 0 Å². The normalized spacial score (nSPS) is 13.1. The largest absolute Gasteiger partial charge is 0.271 e. The second-order valence-corrected chi connectivity index (χ2v) is 4.40. The number of nitrogens with zero attached hydrogens (tertiary/aromatic N) is 1. The van der Waals surface area contributed by atoms with Gasteiger partial charge in [-0.15, -0.1) is 0 Å². The van der Waals surface area contributed by atoms with Crippen LogP contribution in [0.4, 0.5) is 0 Å². The summed E-state index contributed by atoms with van der Waals surface area (Å²) in [7, 11) is 0. The van der Waals surface area contributed by atoms with Gasteiger partial charge in [0.1, 0.15) is 0 Å². The van der Waals surface area contributed by atoms with Crippen molar-refractivity contribution in [3.8, 4) is 0 Å². The van der Waals surface area contributed by atoms with Crippen LogP contribution in [0.3, 0.4) is 0 Å². The van der Waals surface area contributed by atoms with Crippen LogP contribution in [0.1, 0.15) is 32.3 Å². The Morgan fingerprint density at radius 1 is 1.40 bits per heavy atom. The smallest absolute Gasteiger partial charge is 0.0300 e. The van der Waals surface area contributed by atoms with Crippen LogP contribution in [-0.2, 0) is 6.42 Å². The summed E-state index contributed by atoms with van der Waals surface area (Å²) in [4.78, 5) is 4.10. The van der Waals surface area contributed by atoms with Crippen molar-refractivity contribution in [3.05, 3.63) is 30.1 Å². The van der Waals surface area contributed by atoms with Crippen molar-refractivity contribution >= 4 is 0 Å². The molecule has 1 aromatic heterocycles. The van der Waals surface area contributed by atoms with Crippen LogP contribution in [0.15, 0.2) is 24.5 Å². The van der Waals surface area contributed by atoms with Crippen molar-refractivity contribution in [2.75, 3.05) is 0 Å². The molecule has 0 aliphatic rings. The SMILES string of the molecule is CC(C)CCC(Cc1cccnc1)NN. The summed E-state index contributed by atoms with van der Waals surface area (Å²) in [5.41, 5.74) is 4.12. The van der Waals surface area contributed by atoms with Gasteiger partial charge in [-0.1, -0.05) is 19.9 Å². The number of aromatic nitrogens is 1. The van der Waals surface area contributed by atoms with Crippen LogP contribution < -0.4 is 11.3 Å². The lowest BCUT2D eigenvalue weighted by molar-refractivity contribution is 0.434. The fraction of sp³-hybridized carbons (Fsp3) is 0.583. The van der Waals surface area contributed by atoms with E-state index in [0.717, 1.165) is 18.8 Å². The van der Waals surface area contributed by atoms with E-state index in [1.165, 1.54) is 12.0 Å². The van der Waals surface area contributed by atoms with Crippen molar-refractivity contribution in [1.29, 1.82) is 0 Å². The van der Waals surface area contributed by atoms with Gasteiger partial charge in [0.05, 0.1) is 0 Å². The van der Waals surface area contributed by atoms with Gasteiger partial charge < -0.3 is 0 Å². The Morgan fingerprint density at radius 3 is 2.73 bits per heavy atom. The number of hydrazine groups is 1. The number of pyridine rings is 1. The lowest BCUT2D eigenvalue weighted by Crippen LogP contribution is -2.37. The molecule has 3 heteroatoms. The molecule has 0 aromatic carbocycles. The first-order valence-corrected chi connectivity index (χ1v) is 5.57. The average molecular weight is 207 g/mol. The van der Waals surface area contributed by atoms with Gasteiger partial charge in [-0.2, -0.15) is 0 Å². The number of nitrogens with two attached hydrogens (primary N) is 1. The average Bonchev–Trinajstić information content (AvgIpc) is 2.25. The molecule has 0 saturated carbocycles. The highest BCUT2D eigenvalue weighted by Gasteiger charge is 2.08. The van der Waals surface area contributed by atoms with Crippen LogP contribution in [-0.4, -0.2) is 11.0 Å². The van der Waals surface area contributed by atoms with Gasteiger partial charge >= 0.3 is 0 Å². The van der Waals surface area contributed by atoms with Crippen LogP contribution in [0.2, 0.25) is 0 Å². The van der Waals surface area contributed by atoms with E-state index in [2.05, 4.69) is 30.3 Å². The minimum absolute atomic E-state index is 0.358. The molecule has 1 aromatic rings. The third-order valence-corrected chi connectivity index (χ3v) is 2.53. The van der Waals surface area contributed by atoms with Crippen molar-refractivity contribution < 1.29 is 0 Å². The zero-order chi connectivity index (χ0) is 11.1. The quantitative estimate of drug-likeness (QED) is 0.553. The van der Waals surface area contributed by atoms with Crippen LogP contribution in [0.25, 0.3) is 0 Å². The molecule has 84 valence electrons. The molecule has 0 fully saturated rings. The standard InChI is InChI=1S/C12H21N3/c1-10(2)5-6-12(15-13)8-11-4-3-7-14-9-11/h3-4,7,9-10,12,15H,5-6,8,13H2,1-2H3. The van der Waals surface area contributed by atoms with Crippen molar-refractivity contribution in [1.82, 2.24) is 10.4 Å². The summed E-state index contributed by atoms with van der Waals surface area (Å²) >= 11 is 0. The topological polar surface area (TPSA) is 50.9 Å². The zero-order valence-corrected chi connectivity index (χ0v) is 9.61. The Kier molecular flexibility index (Phi) is 5.29. The fourth-order valence-corrected chi connectivity index (χ4v) is 1.58. The van der Waals surface area contributed by atoms with Gasteiger partial charge in [0.2, 0.25) is 0 Å². The highest BCUT2D eigenvalue weighted by Crippen LogP contribution is 2.10. The summed E-state index contributed by atoms with van der Waals surface area (Å²) in [6, 6.07) is 4.41. The summed E-state index contributed by atoms with van der Waals surface area (Å²) in [5.74, 6) is 6.27. The molecule has 15 heavy (non-hydrogen) atoms. The Hall–Kier alpha value is -0.930. The Labute approximate surface area is 92.1 Å². The molecule has 0 bridgehead atoms. The molecule has 0 aliphatic carbocycles. The first kappa shape index (κ1) is 12.1.